The fourth-order valence-electron chi connectivity index (χ4n) is 0. The van der Waals surface area contributed by atoms with Gasteiger partial charge in [-0.3, -0.25) is 9.11 Å². The van der Waals surface area contributed by atoms with Crippen LogP contribution in [0.25, 0.3) is 0 Å². The second-order valence-electron chi connectivity index (χ2n) is 0.448. The first kappa shape index (κ1) is 39.1. The molecule has 0 unspecified atom stereocenters. The van der Waals surface area contributed by atoms with Gasteiger partial charge < -0.3 is 11.0 Å². The van der Waals surface area contributed by atoms with E-state index in [1.54, 1.807) is 0 Å². The Labute approximate surface area is 123 Å². The molecule has 0 aromatic rings. The quantitative estimate of drug-likeness (QED) is 0.319. The number of rotatable bonds is 0. The third kappa shape index (κ3) is 152. The second kappa shape index (κ2) is 17.5. The second-order valence-corrected chi connectivity index (χ2v) is 1.34. The van der Waals surface area contributed by atoms with Crippen LogP contribution in [-0.2, 0) is 10.4 Å². The fourth-order valence-corrected chi connectivity index (χ4v) is 0. The van der Waals surface area contributed by atoms with Crippen LogP contribution in [0.15, 0.2) is 0 Å². The maximum absolute atomic E-state index is 8.74. The van der Waals surface area contributed by atoms with Crippen molar-refractivity contribution in [1.82, 2.24) is 0 Å². The van der Waals surface area contributed by atoms with Gasteiger partial charge in [-0.05, 0) is 0 Å². The van der Waals surface area contributed by atoms with Crippen molar-refractivity contribution in [2.24, 2.45) is 0 Å². The Morgan fingerprint density at radius 2 is 0.900 bits per heavy atom. The molecule has 0 atom stereocenters. The predicted octanol–water partition coefficient (Wildman–Crippen LogP) is -5.32. The number of hydrogen-bond acceptors (Lipinski definition) is 2. The summed E-state index contributed by atoms with van der Waals surface area (Å²) in [5.74, 6) is 0. The molecule has 62 valence electrons. The zero-order valence-electron chi connectivity index (χ0n) is 3.12. The molecule has 0 aromatic carbocycles. The normalized spacial score (nSPS) is 5.80. The molecule has 0 radical (unpaired) electrons. The van der Waals surface area contributed by atoms with Gasteiger partial charge in [-0.25, -0.2) is 0 Å². The Bertz CT molecular complexity index is 98.9. The van der Waals surface area contributed by atoms with Gasteiger partial charge in [0.2, 0.25) is 0 Å². The van der Waals surface area contributed by atoms with Crippen LogP contribution in [0.1, 0.15) is 0 Å². The van der Waals surface area contributed by atoms with E-state index in [4.69, 9.17) is 17.5 Å². The van der Waals surface area contributed by atoms with E-state index >= 15 is 0 Å². The van der Waals surface area contributed by atoms with E-state index in [1.807, 2.05) is 0 Å². The molecule has 0 bridgehead atoms. The Kier molecular flexibility index (Phi) is 68.7. The summed E-state index contributed by atoms with van der Waals surface area (Å²) in [6, 6.07) is 0. The van der Waals surface area contributed by atoms with Crippen molar-refractivity contribution in [3.8, 4) is 0 Å². The maximum atomic E-state index is 8.74. The van der Waals surface area contributed by atoms with E-state index < -0.39 is 10.4 Å². The molecule has 0 aromatic heterocycles. The third-order valence-corrected chi connectivity index (χ3v) is 0. The van der Waals surface area contributed by atoms with Crippen molar-refractivity contribution in [2.75, 3.05) is 0 Å². The molecule has 0 amide bonds. The van der Waals surface area contributed by atoms with Crippen molar-refractivity contribution >= 4 is 96.5 Å². The van der Waals surface area contributed by atoms with Gasteiger partial charge in [0.1, 0.15) is 0 Å². The summed E-state index contributed by atoms with van der Waals surface area (Å²) >= 11 is 0. The van der Waals surface area contributed by atoms with Gasteiger partial charge in [-0.1, -0.05) is 0 Å². The van der Waals surface area contributed by atoms with Gasteiger partial charge in [0.15, 0.2) is 34.7 Å². The first-order chi connectivity index (χ1) is 2.00. The van der Waals surface area contributed by atoms with Crippen molar-refractivity contribution in [2.45, 2.75) is 0 Å². The molecule has 0 saturated heterocycles. The molecule has 0 spiro atoms. The standard InChI is InChI=1S/2Al.K.H2O4S.2H2O.7H/c;;;1-5(2,3)4;;;;;;;;;/h;;;(H2,1,2,3,4);2*1H2;;;;;;;. The SMILES string of the molecule is O.O.O=S(=O)(O)O.[AlH3].[AlH3].[KH]. The summed E-state index contributed by atoms with van der Waals surface area (Å²) in [5, 5.41) is 0. The van der Waals surface area contributed by atoms with Crippen LogP contribution in [0.3, 0.4) is 0 Å². The Balaban J connectivity index is -0.00000000800. The van der Waals surface area contributed by atoms with Crippen LogP contribution in [-0.4, -0.2) is 115 Å². The number of hydrogen-bond donors (Lipinski definition) is 2. The van der Waals surface area contributed by atoms with E-state index in [0.29, 0.717) is 0 Å². The molecule has 0 fully saturated rings. The van der Waals surface area contributed by atoms with E-state index in [1.165, 1.54) is 0 Å². The zero-order valence-corrected chi connectivity index (χ0v) is 3.94. The molecule has 10 heavy (non-hydrogen) atoms. The van der Waals surface area contributed by atoms with Crippen LogP contribution < -0.4 is 0 Å². The van der Waals surface area contributed by atoms with E-state index in [-0.39, 0.29) is 97.1 Å². The van der Waals surface area contributed by atoms with E-state index in [2.05, 4.69) is 0 Å². The average molecular weight is 234 g/mol. The minimum absolute atomic E-state index is 0. The summed E-state index contributed by atoms with van der Waals surface area (Å²) in [4.78, 5) is 0. The first-order valence-corrected chi connectivity index (χ1v) is 2.10. The third-order valence-electron chi connectivity index (χ3n) is 0. The topological polar surface area (TPSA) is 138 Å². The van der Waals surface area contributed by atoms with E-state index in [0.717, 1.165) is 0 Å². The van der Waals surface area contributed by atoms with Gasteiger partial charge in [-0.2, -0.15) is 8.42 Å². The van der Waals surface area contributed by atoms with Gasteiger partial charge in [0, 0.05) is 0 Å². The molecule has 0 saturated carbocycles. The average Bonchev–Trinajstić information content (AvgIpc) is 0.722. The van der Waals surface area contributed by atoms with Crippen LogP contribution in [0.4, 0.5) is 0 Å². The molecule has 0 aliphatic rings. The molecule has 6 N–H and O–H groups in total. The Morgan fingerprint density at radius 1 is 0.900 bits per heavy atom. The summed E-state index contributed by atoms with van der Waals surface area (Å²) < 4.78 is 31.6. The molecular weight excluding hydrogens is 221 g/mol. The summed E-state index contributed by atoms with van der Waals surface area (Å²) in [5.41, 5.74) is 0. The van der Waals surface area contributed by atoms with Crippen LogP contribution in [0, 0.1) is 0 Å². The van der Waals surface area contributed by atoms with Gasteiger partial charge >= 0.3 is 61.8 Å². The first-order valence-electron chi connectivity index (χ1n) is 0.698. The van der Waals surface area contributed by atoms with Crippen molar-refractivity contribution in [3.63, 3.8) is 0 Å². The van der Waals surface area contributed by atoms with Crippen molar-refractivity contribution in [3.05, 3.63) is 0 Å². The summed E-state index contributed by atoms with van der Waals surface area (Å²) in [6.07, 6.45) is 0. The van der Waals surface area contributed by atoms with Crippen LogP contribution in [0.2, 0.25) is 0 Å². The molecule has 10 heteroatoms. The van der Waals surface area contributed by atoms with Crippen molar-refractivity contribution in [1.29, 1.82) is 0 Å². The predicted molar refractivity (Wildman–Crippen MR) is 48.4 cm³/mol. The molecular formula is H13Al2KO6S. The zero-order chi connectivity index (χ0) is 4.50. The Morgan fingerprint density at radius 3 is 0.900 bits per heavy atom. The molecule has 0 aliphatic carbocycles. The summed E-state index contributed by atoms with van der Waals surface area (Å²) in [6.45, 7) is 0. The van der Waals surface area contributed by atoms with Crippen LogP contribution >= 0.6 is 0 Å². The molecule has 0 heterocycles. The van der Waals surface area contributed by atoms with Gasteiger partial charge in [0.25, 0.3) is 0 Å². The molecule has 0 aliphatic heterocycles. The minimum atomic E-state index is -4.67. The van der Waals surface area contributed by atoms with Crippen LogP contribution in [0.5, 0.6) is 0 Å². The molecule has 0 rings (SSSR count). The van der Waals surface area contributed by atoms with Gasteiger partial charge in [-0.15, -0.1) is 0 Å². The van der Waals surface area contributed by atoms with Gasteiger partial charge in [0.05, 0.1) is 0 Å². The molecule has 6 nitrogen and oxygen atoms in total. The summed E-state index contributed by atoms with van der Waals surface area (Å²) in [7, 11) is -4.67. The van der Waals surface area contributed by atoms with Crippen molar-refractivity contribution < 1.29 is 28.5 Å². The van der Waals surface area contributed by atoms with E-state index in [9.17, 15) is 0 Å². The monoisotopic (exact) mass is 234 g/mol. The fraction of sp³-hybridized carbons (Fsp3) is 0. The Hall–Kier alpha value is 2.49.